The van der Waals surface area contributed by atoms with Gasteiger partial charge in [-0.2, -0.15) is 0 Å². The molecule has 49 heavy (non-hydrogen) atoms. The second-order valence-electron chi connectivity index (χ2n) is 13.8. The number of hydrogen-bond acceptors (Lipinski definition) is 10. The minimum Gasteiger partial charge on any atom is -0.463 e. The van der Waals surface area contributed by atoms with Crippen LogP contribution in [-0.4, -0.2) is 80.8 Å². The maximum Gasteiger partial charge on any atom is 0.323 e. The maximum atomic E-state index is 14.0. The number of esters is 1. The number of fused-ring (bicyclic) bond motifs is 1. The molecule has 2 saturated heterocycles. The predicted octanol–water partition coefficient (Wildman–Crippen LogP) is 4.77. The van der Waals surface area contributed by atoms with Crippen molar-refractivity contribution >= 4 is 55.8 Å². The molecule has 2 aromatic heterocycles. The molecule has 15 heteroatoms. The molecule has 12 nitrogen and oxygen atoms in total. The van der Waals surface area contributed by atoms with Gasteiger partial charge in [0.2, 0.25) is 10.0 Å². The standard InChI is InChI=1S/C34H43F2N7O5S/c1-22(2)28(37)32(45)48-18-19-49(46,47)41-24-5-6-25(26(21-24)42-14-9-33(7-8-33)10-15-42)31(44)40-27-20-23-4-3-13-38-29(23)30(39-27)43-16-11-34(35,36)12-17-43/h3-6,13,20-22,28,41H,7-12,14-19,37H2,1-2H3,(H,39,40,44)/t28-/m1/s1. The lowest BCUT2D eigenvalue weighted by Crippen LogP contribution is -2.40. The summed E-state index contributed by atoms with van der Waals surface area (Å²) >= 11 is 0. The number of anilines is 4. The second kappa shape index (κ2) is 13.7. The van der Waals surface area contributed by atoms with Crippen molar-refractivity contribution in [2.24, 2.45) is 17.1 Å². The van der Waals surface area contributed by atoms with Crippen molar-refractivity contribution in [3.63, 3.8) is 0 Å². The van der Waals surface area contributed by atoms with Crippen LogP contribution in [0.4, 0.5) is 31.8 Å². The quantitative estimate of drug-likeness (QED) is 0.238. The van der Waals surface area contributed by atoms with Crippen LogP contribution in [0.15, 0.2) is 42.6 Å². The monoisotopic (exact) mass is 699 g/mol. The molecule has 4 heterocycles. The van der Waals surface area contributed by atoms with Gasteiger partial charge < -0.3 is 25.6 Å². The number of nitrogens with one attached hydrogen (secondary N) is 2. The number of pyridine rings is 2. The van der Waals surface area contributed by atoms with E-state index in [-0.39, 0.29) is 50.0 Å². The molecule has 0 radical (unpaired) electrons. The largest absolute Gasteiger partial charge is 0.463 e. The fourth-order valence-corrected chi connectivity index (χ4v) is 7.27. The van der Waals surface area contributed by atoms with Gasteiger partial charge in [-0.1, -0.05) is 19.9 Å². The molecule has 1 atom stereocenters. The molecular weight excluding hydrogens is 656 g/mol. The molecule has 1 amide bonds. The summed E-state index contributed by atoms with van der Waals surface area (Å²) in [4.78, 5) is 39.0. The Morgan fingerprint density at radius 2 is 1.69 bits per heavy atom. The lowest BCUT2D eigenvalue weighted by molar-refractivity contribution is -0.145. The summed E-state index contributed by atoms with van der Waals surface area (Å²) in [6.07, 6.45) is 5.36. The average Bonchev–Trinajstić information content (AvgIpc) is 3.82. The minimum absolute atomic E-state index is 0.106. The number of rotatable bonds is 11. The van der Waals surface area contributed by atoms with Crippen LogP contribution < -0.4 is 25.6 Å². The Kier molecular flexibility index (Phi) is 9.68. The zero-order chi connectivity index (χ0) is 35.0. The van der Waals surface area contributed by atoms with Crippen LogP contribution in [0.25, 0.3) is 10.9 Å². The number of ether oxygens (including phenoxy) is 1. The summed E-state index contributed by atoms with van der Waals surface area (Å²) in [5.74, 6) is -3.79. The van der Waals surface area contributed by atoms with Crippen molar-refractivity contribution in [2.75, 3.05) is 58.4 Å². The van der Waals surface area contributed by atoms with E-state index >= 15 is 0 Å². The number of hydrogen-bond donors (Lipinski definition) is 3. The molecule has 1 aromatic carbocycles. The Morgan fingerprint density at radius 1 is 1.00 bits per heavy atom. The highest BCUT2D eigenvalue weighted by molar-refractivity contribution is 7.92. The number of aromatic nitrogens is 2. The van der Waals surface area contributed by atoms with E-state index in [4.69, 9.17) is 10.5 Å². The number of nitrogens with two attached hydrogens (primary N) is 1. The van der Waals surface area contributed by atoms with E-state index in [0.29, 0.717) is 46.5 Å². The molecule has 6 rings (SSSR count). The van der Waals surface area contributed by atoms with E-state index in [0.717, 1.165) is 12.8 Å². The Bertz CT molecular complexity index is 1820. The molecule has 1 saturated carbocycles. The first-order valence-corrected chi connectivity index (χ1v) is 18.4. The summed E-state index contributed by atoms with van der Waals surface area (Å²) in [5.41, 5.74) is 7.89. The van der Waals surface area contributed by atoms with E-state index in [9.17, 15) is 26.8 Å². The summed E-state index contributed by atoms with van der Waals surface area (Å²) < 4.78 is 61.4. The molecule has 1 spiro atoms. The van der Waals surface area contributed by atoms with Crippen LogP contribution in [0.2, 0.25) is 0 Å². The molecule has 264 valence electrons. The number of nitrogens with zero attached hydrogens (tertiary/aromatic N) is 4. The molecule has 3 aliphatic rings. The zero-order valence-electron chi connectivity index (χ0n) is 27.8. The normalized spacial score (nSPS) is 19.1. The number of carbonyl (C=O) groups excluding carboxylic acids is 2. The van der Waals surface area contributed by atoms with Crippen LogP contribution in [0, 0.1) is 11.3 Å². The first kappa shape index (κ1) is 34.7. The fourth-order valence-electron chi connectivity index (χ4n) is 6.38. The van der Waals surface area contributed by atoms with Gasteiger partial charge in [0.25, 0.3) is 11.8 Å². The fraction of sp³-hybridized carbons (Fsp3) is 0.529. The number of piperidine rings is 2. The summed E-state index contributed by atoms with van der Waals surface area (Å²) in [5, 5.41) is 3.60. The number of sulfonamides is 1. The Hall–Kier alpha value is -4.11. The second-order valence-corrected chi connectivity index (χ2v) is 15.6. The number of alkyl halides is 2. The summed E-state index contributed by atoms with van der Waals surface area (Å²) in [7, 11) is -3.91. The smallest absolute Gasteiger partial charge is 0.323 e. The minimum atomic E-state index is -3.91. The highest BCUT2D eigenvalue weighted by Crippen LogP contribution is 2.54. The van der Waals surface area contributed by atoms with Gasteiger partial charge in [0.05, 0.1) is 16.9 Å². The third-order valence-corrected chi connectivity index (χ3v) is 11.1. The van der Waals surface area contributed by atoms with Crippen LogP contribution in [0.5, 0.6) is 0 Å². The SMILES string of the molecule is CC(C)[C@@H](N)C(=O)OCCS(=O)(=O)Nc1ccc(C(=O)Nc2cc3cccnc3c(N3CCC(F)(F)CC3)n2)c(N2CCC3(CC2)CC3)c1. The molecule has 2 aliphatic heterocycles. The zero-order valence-corrected chi connectivity index (χ0v) is 28.6. The predicted molar refractivity (Wildman–Crippen MR) is 185 cm³/mol. The van der Waals surface area contributed by atoms with E-state index in [1.54, 1.807) is 49.2 Å². The van der Waals surface area contributed by atoms with E-state index in [1.807, 2.05) is 6.07 Å². The Labute approximate surface area is 284 Å². The molecule has 3 fully saturated rings. The molecule has 1 aliphatic carbocycles. The van der Waals surface area contributed by atoms with Gasteiger partial charge in [0.15, 0.2) is 5.82 Å². The van der Waals surface area contributed by atoms with Gasteiger partial charge in [-0.05, 0) is 67.3 Å². The van der Waals surface area contributed by atoms with Crippen molar-refractivity contribution in [3.8, 4) is 0 Å². The average molecular weight is 700 g/mol. The number of halogens is 2. The number of amides is 1. The molecule has 3 aromatic rings. The van der Waals surface area contributed by atoms with Crippen molar-refractivity contribution in [1.29, 1.82) is 0 Å². The third-order valence-electron chi connectivity index (χ3n) is 9.83. The number of benzene rings is 1. The van der Waals surface area contributed by atoms with Gasteiger partial charge in [0, 0.05) is 50.6 Å². The maximum absolute atomic E-state index is 14.0. The van der Waals surface area contributed by atoms with Gasteiger partial charge >= 0.3 is 5.97 Å². The number of carbonyl (C=O) groups is 2. The van der Waals surface area contributed by atoms with Crippen LogP contribution >= 0.6 is 0 Å². The highest BCUT2D eigenvalue weighted by Gasteiger charge is 2.44. The van der Waals surface area contributed by atoms with Crippen molar-refractivity contribution in [2.45, 2.75) is 64.3 Å². The molecular formula is C34H43F2N7O5S. The molecule has 0 bridgehead atoms. The van der Waals surface area contributed by atoms with E-state index in [2.05, 4.69) is 24.9 Å². The first-order chi connectivity index (χ1) is 23.2. The highest BCUT2D eigenvalue weighted by atomic mass is 32.2. The Balaban J connectivity index is 1.23. The van der Waals surface area contributed by atoms with Gasteiger partial charge in [-0.3, -0.25) is 19.3 Å². The van der Waals surface area contributed by atoms with Crippen molar-refractivity contribution in [3.05, 3.63) is 48.2 Å². The first-order valence-electron chi connectivity index (χ1n) is 16.7. The van der Waals surface area contributed by atoms with E-state index in [1.165, 1.54) is 18.9 Å². The van der Waals surface area contributed by atoms with Crippen LogP contribution in [0.1, 0.15) is 62.7 Å². The lowest BCUT2D eigenvalue weighted by atomic mass is 9.93. The third kappa shape index (κ3) is 8.20. The van der Waals surface area contributed by atoms with E-state index < -0.39 is 39.6 Å². The van der Waals surface area contributed by atoms with Crippen molar-refractivity contribution < 1.29 is 31.5 Å². The van der Waals surface area contributed by atoms with Gasteiger partial charge in [-0.25, -0.2) is 22.2 Å². The summed E-state index contributed by atoms with van der Waals surface area (Å²) in [6, 6.07) is 9.17. The molecule has 0 unspecified atom stereocenters. The topological polar surface area (TPSA) is 160 Å². The lowest BCUT2D eigenvalue weighted by Gasteiger charge is -2.35. The van der Waals surface area contributed by atoms with Crippen LogP contribution in [-0.2, 0) is 19.6 Å². The Morgan fingerprint density at radius 3 is 2.37 bits per heavy atom. The van der Waals surface area contributed by atoms with Gasteiger partial charge in [-0.15, -0.1) is 0 Å². The van der Waals surface area contributed by atoms with Crippen LogP contribution in [0.3, 0.4) is 0 Å². The van der Waals surface area contributed by atoms with Gasteiger partial charge in [0.1, 0.15) is 29.7 Å². The summed E-state index contributed by atoms with van der Waals surface area (Å²) in [6.45, 7) is 4.83. The molecule has 4 N–H and O–H groups in total. The van der Waals surface area contributed by atoms with Crippen molar-refractivity contribution in [1.82, 2.24) is 9.97 Å².